The van der Waals surface area contributed by atoms with Gasteiger partial charge >= 0.3 is 0 Å². The molecule has 1 fully saturated rings. The highest BCUT2D eigenvalue weighted by molar-refractivity contribution is 5.93. The number of hydrogen-bond donors (Lipinski definition) is 2. The van der Waals surface area contributed by atoms with Gasteiger partial charge in [-0.1, -0.05) is 6.07 Å². The summed E-state index contributed by atoms with van der Waals surface area (Å²) in [6.45, 7) is 5.23. The van der Waals surface area contributed by atoms with Crippen LogP contribution in [0.15, 0.2) is 35.4 Å². The number of carbonyl (C=O) groups is 1. The molecule has 0 unspecified atom stereocenters. The van der Waals surface area contributed by atoms with Crippen LogP contribution in [0.4, 0.5) is 0 Å². The Morgan fingerprint density at radius 3 is 2.87 bits per heavy atom. The van der Waals surface area contributed by atoms with Crippen molar-refractivity contribution in [3.63, 3.8) is 0 Å². The highest BCUT2D eigenvalue weighted by Gasteiger charge is 2.14. The minimum absolute atomic E-state index is 0. The molecular formula is C15H20ClN5O2. The maximum atomic E-state index is 12.3. The van der Waals surface area contributed by atoms with Crippen molar-refractivity contribution in [1.82, 2.24) is 24.9 Å². The molecule has 1 aliphatic rings. The highest BCUT2D eigenvalue weighted by atomic mass is 35.5. The van der Waals surface area contributed by atoms with Crippen LogP contribution in [0, 0.1) is 0 Å². The molecule has 1 aliphatic heterocycles. The third-order valence-electron chi connectivity index (χ3n) is 3.78. The van der Waals surface area contributed by atoms with E-state index in [2.05, 4.69) is 20.5 Å². The van der Waals surface area contributed by atoms with Gasteiger partial charge in [-0.15, -0.1) is 12.4 Å². The SMILES string of the molecule is Cl.O=C(NCCN1CCNCC1)c1cnc2ccccn2c1=O. The molecule has 7 nitrogen and oxygen atoms in total. The molecule has 2 N–H and O–H groups in total. The normalized spacial score (nSPS) is 15.1. The number of halogens is 1. The van der Waals surface area contributed by atoms with Gasteiger partial charge in [-0.3, -0.25) is 18.9 Å². The van der Waals surface area contributed by atoms with Gasteiger partial charge in [0.25, 0.3) is 11.5 Å². The van der Waals surface area contributed by atoms with E-state index in [0.29, 0.717) is 12.2 Å². The number of pyridine rings is 1. The Hall–Kier alpha value is -1.96. The number of nitrogens with zero attached hydrogens (tertiary/aromatic N) is 3. The first-order valence-corrected chi connectivity index (χ1v) is 7.43. The fraction of sp³-hybridized carbons (Fsp3) is 0.400. The molecule has 8 heteroatoms. The lowest BCUT2D eigenvalue weighted by molar-refractivity contribution is 0.0945. The molecule has 0 aliphatic carbocycles. The van der Waals surface area contributed by atoms with Crippen molar-refractivity contribution in [3.05, 3.63) is 46.5 Å². The molecule has 124 valence electrons. The topological polar surface area (TPSA) is 78.7 Å². The van der Waals surface area contributed by atoms with Crippen molar-refractivity contribution < 1.29 is 4.79 Å². The minimum atomic E-state index is -0.370. The zero-order valence-electron chi connectivity index (χ0n) is 12.7. The van der Waals surface area contributed by atoms with Crippen LogP contribution in [0.2, 0.25) is 0 Å². The average Bonchev–Trinajstić information content (AvgIpc) is 2.56. The molecule has 0 aromatic carbocycles. The lowest BCUT2D eigenvalue weighted by atomic mass is 10.3. The van der Waals surface area contributed by atoms with Gasteiger partial charge < -0.3 is 10.6 Å². The largest absolute Gasteiger partial charge is 0.351 e. The van der Waals surface area contributed by atoms with Gasteiger partial charge in [-0.05, 0) is 12.1 Å². The van der Waals surface area contributed by atoms with Crippen LogP contribution in [0.1, 0.15) is 10.4 Å². The molecule has 1 amide bonds. The van der Waals surface area contributed by atoms with E-state index in [4.69, 9.17) is 0 Å². The zero-order chi connectivity index (χ0) is 15.4. The van der Waals surface area contributed by atoms with Gasteiger partial charge in [0.05, 0.1) is 0 Å². The zero-order valence-corrected chi connectivity index (χ0v) is 13.5. The van der Waals surface area contributed by atoms with Crippen LogP contribution in [0.25, 0.3) is 5.65 Å². The highest BCUT2D eigenvalue weighted by Crippen LogP contribution is 1.97. The van der Waals surface area contributed by atoms with E-state index in [1.54, 1.807) is 24.4 Å². The molecule has 3 heterocycles. The van der Waals surface area contributed by atoms with E-state index in [1.807, 2.05) is 0 Å². The van der Waals surface area contributed by atoms with Crippen LogP contribution < -0.4 is 16.2 Å². The van der Waals surface area contributed by atoms with Crippen LogP contribution in [0.5, 0.6) is 0 Å². The van der Waals surface area contributed by atoms with Gasteiger partial charge in [0.1, 0.15) is 11.2 Å². The number of piperazine rings is 1. The first-order valence-electron chi connectivity index (χ1n) is 7.43. The van der Waals surface area contributed by atoms with Crippen molar-refractivity contribution in [2.24, 2.45) is 0 Å². The quantitative estimate of drug-likeness (QED) is 0.804. The fourth-order valence-corrected chi connectivity index (χ4v) is 2.54. The minimum Gasteiger partial charge on any atom is -0.351 e. The molecule has 0 bridgehead atoms. The Labute approximate surface area is 140 Å². The molecule has 1 saturated heterocycles. The Morgan fingerprint density at radius 1 is 1.30 bits per heavy atom. The van der Waals surface area contributed by atoms with E-state index in [0.717, 1.165) is 32.7 Å². The van der Waals surface area contributed by atoms with Crippen LogP contribution in [0.3, 0.4) is 0 Å². The molecule has 0 saturated carbocycles. The predicted octanol–water partition coefficient (Wildman–Crippen LogP) is -0.249. The molecule has 0 spiro atoms. The summed E-state index contributed by atoms with van der Waals surface area (Å²) >= 11 is 0. The second-order valence-electron chi connectivity index (χ2n) is 5.25. The molecule has 0 atom stereocenters. The Bertz CT molecular complexity index is 727. The average molecular weight is 338 g/mol. The third kappa shape index (κ3) is 4.07. The summed E-state index contributed by atoms with van der Waals surface area (Å²) in [5.41, 5.74) is 0.263. The lowest BCUT2D eigenvalue weighted by Crippen LogP contribution is -2.46. The van der Waals surface area contributed by atoms with Crippen molar-refractivity contribution in [2.75, 3.05) is 39.3 Å². The van der Waals surface area contributed by atoms with Gasteiger partial charge in [0, 0.05) is 51.7 Å². The van der Waals surface area contributed by atoms with Gasteiger partial charge in [-0.25, -0.2) is 4.98 Å². The predicted molar refractivity (Wildman–Crippen MR) is 90.4 cm³/mol. The van der Waals surface area contributed by atoms with E-state index in [-0.39, 0.29) is 29.4 Å². The number of carbonyl (C=O) groups excluding carboxylic acids is 1. The van der Waals surface area contributed by atoms with Crippen molar-refractivity contribution in [3.8, 4) is 0 Å². The maximum absolute atomic E-state index is 12.3. The van der Waals surface area contributed by atoms with E-state index in [1.165, 1.54) is 10.6 Å². The van der Waals surface area contributed by atoms with Crippen molar-refractivity contribution in [1.29, 1.82) is 0 Å². The third-order valence-corrected chi connectivity index (χ3v) is 3.78. The molecule has 23 heavy (non-hydrogen) atoms. The molecule has 0 radical (unpaired) electrons. The van der Waals surface area contributed by atoms with E-state index in [9.17, 15) is 9.59 Å². The summed E-state index contributed by atoms with van der Waals surface area (Å²) < 4.78 is 1.38. The fourth-order valence-electron chi connectivity index (χ4n) is 2.54. The standard InChI is InChI=1S/C15H19N5O2.ClH/c21-14(17-6-10-19-8-4-16-5-9-19)12-11-18-13-3-1-2-7-20(13)15(12)22;/h1-3,7,11,16H,4-6,8-10H2,(H,17,21);1H. The second kappa shape index (κ2) is 8.05. The molecular weight excluding hydrogens is 318 g/mol. The maximum Gasteiger partial charge on any atom is 0.270 e. The summed E-state index contributed by atoms with van der Waals surface area (Å²) in [4.78, 5) is 30.9. The van der Waals surface area contributed by atoms with Crippen molar-refractivity contribution >= 4 is 24.0 Å². The van der Waals surface area contributed by atoms with Gasteiger partial charge in [0.2, 0.25) is 0 Å². The molecule has 3 rings (SSSR count). The lowest BCUT2D eigenvalue weighted by Gasteiger charge is -2.27. The number of amides is 1. The van der Waals surface area contributed by atoms with Crippen LogP contribution >= 0.6 is 12.4 Å². The smallest absolute Gasteiger partial charge is 0.270 e. The van der Waals surface area contributed by atoms with Crippen LogP contribution in [-0.2, 0) is 0 Å². The van der Waals surface area contributed by atoms with Gasteiger partial charge in [-0.2, -0.15) is 0 Å². The summed E-state index contributed by atoms with van der Waals surface area (Å²) in [5, 5.41) is 6.08. The number of hydrogen-bond acceptors (Lipinski definition) is 5. The monoisotopic (exact) mass is 337 g/mol. The molecule has 2 aromatic rings. The van der Waals surface area contributed by atoms with Crippen LogP contribution in [-0.4, -0.2) is 59.5 Å². The summed E-state index contributed by atoms with van der Waals surface area (Å²) in [7, 11) is 0. The van der Waals surface area contributed by atoms with Gasteiger partial charge in [0.15, 0.2) is 0 Å². The Kier molecular flexibility index (Phi) is 6.09. The summed E-state index contributed by atoms with van der Waals surface area (Å²) in [6, 6.07) is 5.27. The number of rotatable bonds is 4. The number of aromatic nitrogens is 2. The summed E-state index contributed by atoms with van der Waals surface area (Å²) in [5.74, 6) is -0.370. The Balaban J connectivity index is 0.00000192. The second-order valence-corrected chi connectivity index (χ2v) is 5.25. The first-order chi connectivity index (χ1) is 10.8. The summed E-state index contributed by atoms with van der Waals surface area (Å²) in [6.07, 6.45) is 2.96. The van der Waals surface area contributed by atoms with E-state index < -0.39 is 0 Å². The number of fused-ring (bicyclic) bond motifs is 1. The first kappa shape index (κ1) is 17.4. The number of nitrogens with one attached hydrogen (secondary N) is 2. The van der Waals surface area contributed by atoms with Crippen molar-refractivity contribution in [2.45, 2.75) is 0 Å². The Morgan fingerprint density at radius 2 is 2.09 bits per heavy atom. The molecule has 2 aromatic heterocycles. The van der Waals surface area contributed by atoms with E-state index >= 15 is 0 Å².